The lowest BCUT2D eigenvalue weighted by Crippen LogP contribution is -2.42. The first-order chi connectivity index (χ1) is 8.49. The molecule has 0 saturated heterocycles. The van der Waals surface area contributed by atoms with E-state index in [0.717, 1.165) is 6.92 Å². The molecule has 0 saturated carbocycles. The van der Waals surface area contributed by atoms with Crippen molar-refractivity contribution in [3.05, 3.63) is 29.8 Å². The molecular formula is C12H13F5O2. The third-order valence-corrected chi connectivity index (χ3v) is 2.67. The fourth-order valence-electron chi connectivity index (χ4n) is 1.59. The quantitative estimate of drug-likeness (QED) is 0.858. The number of halogens is 5. The fraction of sp³-hybridized carbons (Fsp3) is 0.500. The maximum atomic E-state index is 13.0. The van der Waals surface area contributed by atoms with Gasteiger partial charge in [0.25, 0.3) is 0 Å². The summed E-state index contributed by atoms with van der Waals surface area (Å²) in [7, 11) is 1.32. The van der Waals surface area contributed by atoms with Crippen molar-refractivity contribution in [2.24, 2.45) is 0 Å². The monoisotopic (exact) mass is 284 g/mol. The van der Waals surface area contributed by atoms with Gasteiger partial charge in [-0.1, -0.05) is 12.1 Å². The summed E-state index contributed by atoms with van der Waals surface area (Å²) in [5.74, 6) is -4.72. The van der Waals surface area contributed by atoms with Gasteiger partial charge in [-0.05, 0) is 24.6 Å². The van der Waals surface area contributed by atoms with Gasteiger partial charge in [-0.2, -0.15) is 22.0 Å². The Kier molecular flexibility index (Phi) is 4.09. The van der Waals surface area contributed by atoms with Crippen LogP contribution in [0, 0.1) is 0 Å². The molecule has 1 aromatic rings. The van der Waals surface area contributed by atoms with Crippen LogP contribution in [0.5, 0.6) is 5.75 Å². The number of alkyl halides is 5. The third-order valence-electron chi connectivity index (χ3n) is 2.67. The minimum atomic E-state index is -5.70. The van der Waals surface area contributed by atoms with E-state index in [1.54, 1.807) is 0 Å². The summed E-state index contributed by atoms with van der Waals surface area (Å²) in [5, 5.41) is 9.87. The number of ether oxygens (including phenoxy) is 1. The molecule has 1 aromatic carbocycles. The summed E-state index contributed by atoms with van der Waals surface area (Å²) in [6, 6.07) is 5.36. The summed E-state index contributed by atoms with van der Waals surface area (Å²) in [5.41, 5.74) is -2.40. The fourth-order valence-corrected chi connectivity index (χ4v) is 1.59. The molecule has 0 heterocycles. The first kappa shape index (κ1) is 15.7. The van der Waals surface area contributed by atoms with E-state index in [0.29, 0.717) is 0 Å². The van der Waals surface area contributed by atoms with Crippen molar-refractivity contribution in [1.29, 1.82) is 0 Å². The average Bonchev–Trinajstić information content (AvgIpc) is 2.26. The highest BCUT2D eigenvalue weighted by Crippen LogP contribution is 2.44. The van der Waals surface area contributed by atoms with Gasteiger partial charge in [0, 0.05) is 0 Å². The van der Waals surface area contributed by atoms with E-state index in [2.05, 4.69) is 0 Å². The van der Waals surface area contributed by atoms with Crippen LogP contribution in [0.3, 0.4) is 0 Å². The molecule has 7 heteroatoms. The molecule has 0 bridgehead atoms. The maximum Gasteiger partial charge on any atom is 0.453 e. The SMILES string of the molecule is COc1cccc(C(C)(O)CC(F)(F)C(F)(F)F)c1. The topological polar surface area (TPSA) is 29.5 Å². The molecule has 0 spiro atoms. The Labute approximate surface area is 106 Å². The molecule has 0 fully saturated rings. The highest BCUT2D eigenvalue weighted by atomic mass is 19.4. The van der Waals surface area contributed by atoms with Crippen LogP contribution in [0.15, 0.2) is 24.3 Å². The second-order valence-corrected chi connectivity index (χ2v) is 4.38. The van der Waals surface area contributed by atoms with Gasteiger partial charge < -0.3 is 9.84 Å². The van der Waals surface area contributed by atoms with Gasteiger partial charge in [-0.3, -0.25) is 0 Å². The van der Waals surface area contributed by atoms with Gasteiger partial charge in [0.15, 0.2) is 0 Å². The Balaban J connectivity index is 3.04. The lowest BCUT2D eigenvalue weighted by atomic mass is 9.89. The van der Waals surface area contributed by atoms with E-state index in [-0.39, 0.29) is 11.3 Å². The Hall–Kier alpha value is -1.37. The second-order valence-electron chi connectivity index (χ2n) is 4.38. The molecule has 2 nitrogen and oxygen atoms in total. The van der Waals surface area contributed by atoms with Crippen molar-refractivity contribution in [2.45, 2.75) is 31.0 Å². The summed E-state index contributed by atoms with van der Waals surface area (Å²) in [4.78, 5) is 0. The molecule has 1 unspecified atom stereocenters. The van der Waals surface area contributed by atoms with Crippen molar-refractivity contribution >= 4 is 0 Å². The molecule has 1 N–H and O–H groups in total. The predicted molar refractivity (Wildman–Crippen MR) is 58.2 cm³/mol. The van der Waals surface area contributed by atoms with Crippen molar-refractivity contribution in [1.82, 2.24) is 0 Å². The lowest BCUT2D eigenvalue weighted by Gasteiger charge is -2.30. The summed E-state index contributed by atoms with van der Waals surface area (Å²) in [6.45, 7) is 0.904. The smallest absolute Gasteiger partial charge is 0.453 e. The van der Waals surface area contributed by atoms with Crippen LogP contribution in [-0.4, -0.2) is 24.3 Å². The van der Waals surface area contributed by atoms with E-state index in [1.165, 1.54) is 31.4 Å². The van der Waals surface area contributed by atoms with E-state index in [9.17, 15) is 27.1 Å². The van der Waals surface area contributed by atoms with Gasteiger partial charge in [-0.25, -0.2) is 0 Å². The van der Waals surface area contributed by atoms with Crippen LogP contribution in [0.25, 0.3) is 0 Å². The standard InChI is InChI=1S/C12H13F5O2/c1-10(18,7-11(13,14)12(15,16)17)8-4-3-5-9(6-8)19-2/h3-6,18H,7H2,1-2H3. The Bertz CT molecular complexity index is 440. The van der Waals surface area contributed by atoms with Gasteiger partial charge in [-0.15, -0.1) is 0 Å². The molecule has 1 rings (SSSR count). The van der Waals surface area contributed by atoms with Gasteiger partial charge in [0.05, 0.1) is 19.1 Å². The minimum absolute atomic E-state index is 0.0734. The predicted octanol–water partition coefficient (Wildman–Crippen LogP) is 3.49. The van der Waals surface area contributed by atoms with E-state index < -0.39 is 24.1 Å². The average molecular weight is 284 g/mol. The zero-order valence-corrected chi connectivity index (χ0v) is 10.3. The van der Waals surface area contributed by atoms with Crippen LogP contribution in [0.1, 0.15) is 18.9 Å². The summed E-state index contributed by atoms with van der Waals surface area (Å²) >= 11 is 0. The number of methoxy groups -OCH3 is 1. The zero-order chi connectivity index (χ0) is 14.9. The molecule has 1 atom stereocenters. The van der Waals surface area contributed by atoms with Crippen LogP contribution < -0.4 is 4.74 Å². The highest BCUT2D eigenvalue weighted by molar-refractivity contribution is 5.32. The zero-order valence-electron chi connectivity index (χ0n) is 10.3. The molecule has 108 valence electrons. The normalized spacial score (nSPS) is 16.0. The van der Waals surface area contributed by atoms with Gasteiger partial charge >= 0.3 is 12.1 Å². The highest BCUT2D eigenvalue weighted by Gasteiger charge is 2.59. The first-order valence-corrected chi connectivity index (χ1v) is 5.31. The van der Waals surface area contributed by atoms with E-state index in [1.807, 2.05) is 0 Å². The molecule has 0 aliphatic rings. The van der Waals surface area contributed by atoms with E-state index in [4.69, 9.17) is 4.74 Å². The van der Waals surface area contributed by atoms with Crippen molar-refractivity contribution in [3.63, 3.8) is 0 Å². The van der Waals surface area contributed by atoms with E-state index >= 15 is 0 Å². The number of hydrogen-bond acceptors (Lipinski definition) is 2. The van der Waals surface area contributed by atoms with Gasteiger partial charge in [0.2, 0.25) is 0 Å². The molecule has 19 heavy (non-hydrogen) atoms. The molecule has 0 radical (unpaired) electrons. The second kappa shape index (κ2) is 4.96. The van der Waals surface area contributed by atoms with Crippen molar-refractivity contribution in [2.75, 3.05) is 7.11 Å². The summed E-state index contributed by atoms with van der Waals surface area (Å²) < 4.78 is 67.2. The molecule has 0 aromatic heterocycles. The maximum absolute atomic E-state index is 13.0. The van der Waals surface area contributed by atoms with Crippen LogP contribution in [-0.2, 0) is 5.60 Å². The van der Waals surface area contributed by atoms with Crippen molar-refractivity contribution in [3.8, 4) is 5.75 Å². The number of rotatable bonds is 4. The molecule has 0 aliphatic heterocycles. The summed E-state index contributed by atoms with van der Waals surface area (Å²) in [6.07, 6.45) is -7.45. The first-order valence-electron chi connectivity index (χ1n) is 5.31. The minimum Gasteiger partial charge on any atom is -0.497 e. The number of hydrogen-bond donors (Lipinski definition) is 1. The molecular weight excluding hydrogens is 271 g/mol. The largest absolute Gasteiger partial charge is 0.497 e. The van der Waals surface area contributed by atoms with Crippen LogP contribution in [0.4, 0.5) is 22.0 Å². The molecule has 0 amide bonds. The van der Waals surface area contributed by atoms with Crippen molar-refractivity contribution < 1.29 is 31.8 Å². The Morgan fingerprint density at radius 3 is 2.21 bits per heavy atom. The number of aliphatic hydroxyl groups is 1. The van der Waals surface area contributed by atoms with Crippen LogP contribution >= 0.6 is 0 Å². The lowest BCUT2D eigenvalue weighted by molar-refractivity contribution is -0.296. The molecule has 0 aliphatic carbocycles. The van der Waals surface area contributed by atoms with Gasteiger partial charge in [0.1, 0.15) is 5.75 Å². The third kappa shape index (κ3) is 3.56. The number of benzene rings is 1. The van der Waals surface area contributed by atoms with Crippen LogP contribution in [0.2, 0.25) is 0 Å². The Morgan fingerprint density at radius 1 is 1.16 bits per heavy atom. The Morgan fingerprint density at radius 2 is 1.74 bits per heavy atom.